The Bertz CT molecular complexity index is 397. The van der Waals surface area contributed by atoms with E-state index < -0.39 is 0 Å². The van der Waals surface area contributed by atoms with Crippen LogP contribution in [-0.2, 0) is 11.7 Å². The second kappa shape index (κ2) is 5.32. The summed E-state index contributed by atoms with van der Waals surface area (Å²) in [5.41, 5.74) is 3.98. The van der Waals surface area contributed by atoms with Crippen LogP contribution in [0.15, 0.2) is 18.2 Å². The van der Waals surface area contributed by atoms with Gasteiger partial charge in [0.15, 0.2) is 0 Å². The van der Waals surface area contributed by atoms with Crippen LogP contribution in [0.4, 0.5) is 10.1 Å². The molecule has 0 bridgehead atoms. The van der Waals surface area contributed by atoms with Crippen LogP contribution in [0.25, 0.3) is 0 Å². The normalized spacial score (nSPS) is 23.0. The number of rotatable bonds is 5. The van der Waals surface area contributed by atoms with Gasteiger partial charge in [-0.1, -0.05) is 19.1 Å². The molecule has 2 unspecified atom stereocenters. The van der Waals surface area contributed by atoms with Crippen molar-refractivity contribution in [3.63, 3.8) is 0 Å². The largest absolute Gasteiger partial charge is 0.384 e. The summed E-state index contributed by atoms with van der Waals surface area (Å²) in [7, 11) is 0.869. The van der Waals surface area contributed by atoms with Crippen molar-refractivity contribution in [1.82, 2.24) is 5.32 Å². The third kappa shape index (κ3) is 2.46. The third-order valence-corrected chi connectivity index (χ3v) is 5.00. The van der Waals surface area contributed by atoms with E-state index in [1.54, 1.807) is 0 Å². The summed E-state index contributed by atoms with van der Waals surface area (Å²) < 4.78 is 12.1. The number of hydrogen-bond acceptors (Lipinski definition) is 2. The first-order valence-electron chi connectivity index (χ1n) is 6.03. The van der Waals surface area contributed by atoms with Gasteiger partial charge in [-0.05, 0) is 23.9 Å². The molecule has 4 heteroatoms. The summed E-state index contributed by atoms with van der Waals surface area (Å²) in [5, 5.41) is 6.86. The van der Waals surface area contributed by atoms with Gasteiger partial charge in [-0.15, -0.1) is 8.58 Å². The smallest absolute Gasteiger partial charge is 0.102 e. The molecule has 0 saturated heterocycles. The van der Waals surface area contributed by atoms with Gasteiger partial charge < -0.3 is 10.6 Å². The Labute approximate surface area is 104 Å². The van der Waals surface area contributed by atoms with Gasteiger partial charge in [-0.3, -0.25) is 0 Å². The van der Waals surface area contributed by atoms with E-state index >= 15 is 0 Å². The molecule has 1 aromatic carbocycles. The van der Waals surface area contributed by atoms with E-state index in [1.807, 2.05) is 0 Å². The first kappa shape index (κ1) is 12.8. The zero-order valence-electron chi connectivity index (χ0n) is 10.4. The topological polar surface area (TPSA) is 24.1 Å². The summed E-state index contributed by atoms with van der Waals surface area (Å²) in [6.07, 6.45) is 0. The minimum Gasteiger partial charge on any atom is -0.384 e. The van der Waals surface area contributed by atoms with E-state index in [1.165, 1.54) is 16.8 Å². The van der Waals surface area contributed by atoms with E-state index in [0.717, 1.165) is 21.7 Å². The van der Waals surface area contributed by atoms with Gasteiger partial charge >= 0.3 is 0 Å². The highest BCUT2D eigenvalue weighted by atomic mass is 31.1. The van der Waals surface area contributed by atoms with Crippen molar-refractivity contribution in [2.45, 2.75) is 18.6 Å². The van der Waals surface area contributed by atoms with Crippen LogP contribution in [0.5, 0.6) is 0 Å². The molecule has 2 N–H and O–H groups in total. The van der Waals surface area contributed by atoms with Gasteiger partial charge in [0, 0.05) is 30.5 Å². The van der Waals surface area contributed by atoms with Crippen molar-refractivity contribution < 1.29 is 4.39 Å². The molecule has 94 valence electrons. The molecule has 2 nitrogen and oxygen atoms in total. The number of halogens is 1. The summed E-state index contributed by atoms with van der Waals surface area (Å²) in [4.78, 5) is 0. The van der Waals surface area contributed by atoms with E-state index in [2.05, 4.69) is 42.4 Å². The highest BCUT2D eigenvalue weighted by Crippen LogP contribution is 2.48. The average Bonchev–Trinajstić information content (AvgIpc) is 2.70. The summed E-state index contributed by atoms with van der Waals surface area (Å²) >= 11 is 0. The van der Waals surface area contributed by atoms with Crippen molar-refractivity contribution in [2.75, 3.05) is 31.7 Å². The molecule has 1 heterocycles. The van der Waals surface area contributed by atoms with Crippen LogP contribution in [0.2, 0.25) is 0 Å². The summed E-state index contributed by atoms with van der Waals surface area (Å²) in [5.74, 6) is 0. The van der Waals surface area contributed by atoms with Gasteiger partial charge in [0.1, 0.15) is 6.67 Å². The predicted octanol–water partition coefficient (Wildman–Crippen LogP) is 2.69. The maximum absolute atomic E-state index is 12.1. The Balaban J connectivity index is 2.26. The Hall–Kier alpha value is -0.660. The molecular weight excluding hydrogens is 234 g/mol. The second-order valence-electron chi connectivity index (χ2n) is 4.64. The molecule has 0 fully saturated rings. The molecule has 2 atom stereocenters. The Morgan fingerprint density at radius 1 is 1.53 bits per heavy atom. The molecule has 0 saturated carbocycles. The van der Waals surface area contributed by atoms with Crippen molar-refractivity contribution in [3.05, 3.63) is 29.3 Å². The molecule has 0 amide bonds. The molecular formula is C13H20FN2P. The van der Waals surface area contributed by atoms with Crippen molar-refractivity contribution in [2.24, 2.45) is 0 Å². The zero-order chi connectivity index (χ0) is 12.3. The lowest BCUT2D eigenvalue weighted by Gasteiger charge is -2.24. The Morgan fingerprint density at radius 2 is 2.35 bits per heavy atom. The highest BCUT2D eigenvalue weighted by Gasteiger charge is 2.34. The summed E-state index contributed by atoms with van der Waals surface area (Å²) in [6.45, 7) is 6.46. The molecule has 2 rings (SSSR count). The minimum absolute atomic E-state index is 0.239. The lowest BCUT2D eigenvalue weighted by molar-refractivity contribution is 0.466. The van der Waals surface area contributed by atoms with Gasteiger partial charge in [-0.25, -0.2) is 4.39 Å². The highest BCUT2D eigenvalue weighted by molar-refractivity contribution is 7.38. The van der Waals surface area contributed by atoms with E-state index in [9.17, 15) is 4.39 Å². The third-order valence-electron chi connectivity index (χ3n) is 3.47. The molecule has 0 radical (unpaired) electrons. The number of nitrogens with one attached hydrogen (secondary N) is 2. The Morgan fingerprint density at radius 3 is 3.06 bits per heavy atom. The standard InChI is InChI=1S/C13H20FN2P/c1-13(17-2)9-16-11-5-3-4-10(12(11)13)8-15-7-6-14/h3-5,15-17H,6-9H2,1-2H3. The molecule has 0 aliphatic carbocycles. The Kier molecular flexibility index (Phi) is 4.01. The first-order valence-corrected chi connectivity index (χ1v) is 7.53. The van der Waals surface area contributed by atoms with Crippen LogP contribution in [0.1, 0.15) is 18.1 Å². The maximum atomic E-state index is 12.1. The quantitative estimate of drug-likeness (QED) is 0.623. The molecule has 1 aliphatic heterocycles. The lowest BCUT2D eigenvalue weighted by atomic mass is 9.96. The van der Waals surface area contributed by atoms with Crippen molar-refractivity contribution in [3.8, 4) is 0 Å². The van der Waals surface area contributed by atoms with E-state index in [-0.39, 0.29) is 11.8 Å². The fourth-order valence-electron chi connectivity index (χ4n) is 2.41. The fraction of sp³-hybridized carbons (Fsp3) is 0.538. The lowest BCUT2D eigenvalue weighted by Crippen LogP contribution is -2.22. The van der Waals surface area contributed by atoms with Crippen LogP contribution >= 0.6 is 8.58 Å². The van der Waals surface area contributed by atoms with Crippen LogP contribution < -0.4 is 10.6 Å². The van der Waals surface area contributed by atoms with Gasteiger partial charge in [0.05, 0.1) is 0 Å². The molecule has 1 aliphatic rings. The minimum atomic E-state index is -0.305. The average molecular weight is 254 g/mol. The van der Waals surface area contributed by atoms with Gasteiger partial charge in [0.25, 0.3) is 0 Å². The molecule has 17 heavy (non-hydrogen) atoms. The zero-order valence-corrected chi connectivity index (χ0v) is 11.4. The van der Waals surface area contributed by atoms with Crippen molar-refractivity contribution >= 4 is 14.3 Å². The molecule has 1 aromatic rings. The number of fused-ring (bicyclic) bond motifs is 1. The van der Waals surface area contributed by atoms with Crippen LogP contribution in [-0.4, -0.2) is 26.4 Å². The number of benzene rings is 1. The number of hydrogen-bond donors (Lipinski definition) is 2. The van der Waals surface area contributed by atoms with E-state index in [4.69, 9.17) is 0 Å². The number of alkyl halides is 1. The molecule has 0 spiro atoms. The monoisotopic (exact) mass is 254 g/mol. The van der Waals surface area contributed by atoms with Gasteiger partial charge in [-0.2, -0.15) is 0 Å². The van der Waals surface area contributed by atoms with Crippen LogP contribution in [0.3, 0.4) is 0 Å². The first-order chi connectivity index (χ1) is 8.21. The maximum Gasteiger partial charge on any atom is 0.102 e. The van der Waals surface area contributed by atoms with Gasteiger partial charge in [0.2, 0.25) is 0 Å². The van der Waals surface area contributed by atoms with E-state index in [0.29, 0.717) is 6.54 Å². The van der Waals surface area contributed by atoms with Crippen LogP contribution in [0, 0.1) is 0 Å². The SMILES string of the molecule is CPC1(C)CNc2cccc(CNCCF)c21. The van der Waals surface area contributed by atoms with Crippen molar-refractivity contribution in [1.29, 1.82) is 0 Å². The summed E-state index contributed by atoms with van der Waals surface area (Å²) in [6, 6.07) is 6.36. The molecule has 0 aromatic heterocycles. The second-order valence-corrected chi connectivity index (χ2v) is 6.24. The number of anilines is 1. The predicted molar refractivity (Wildman–Crippen MR) is 74.2 cm³/mol. The fourth-order valence-corrected chi connectivity index (χ4v) is 3.22.